The van der Waals surface area contributed by atoms with Gasteiger partial charge in [-0.2, -0.15) is 0 Å². The van der Waals surface area contributed by atoms with E-state index in [0.717, 1.165) is 19.3 Å². The third-order valence-corrected chi connectivity index (χ3v) is 6.15. The first-order valence-corrected chi connectivity index (χ1v) is 14.1. The summed E-state index contributed by atoms with van der Waals surface area (Å²) < 4.78 is 26.1. The van der Waals surface area contributed by atoms with Crippen molar-refractivity contribution in [2.45, 2.75) is 97.9 Å². The van der Waals surface area contributed by atoms with E-state index in [9.17, 15) is 19.2 Å². The SMILES string of the molecule is CCCCCOC(=O)OCC[C@@](N)(Cc1ccc(OC(=O)CCC(C)C)c(OC(=O)CCC(C)C)c1)C(=O)OC. The Morgan fingerprint density at radius 2 is 1.43 bits per heavy atom. The molecule has 0 saturated carbocycles. The minimum atomic E-state index is -1.55. The van der Waals surface area contributed by atoms with Crippen molar-refractivity contribution >= 4 is 24.1 Å². The number of ether oxygens (including phenoxy) is 5. The smallest absolute Gasteiger partial charge is 0.468 e. The predicted molar refractivity (Wildman–Crippen MR) is 150 cm³/mol. The summed E-state index contributed by atoms with van der Waals surface area (Å²) >= 11 is 0. The molecule has 0 bridgehead atoms. The molecule has 0 aliphatic carbocycles. The second kappa shape index (κ2) is 18.3. The number of nitrogens with two attached hydrogens (primary N) is 1. The largest absolute Gasteiger partial charge is 0.508 e. The van der Waals surface area contributed by atoms with E-state index >= 15 is 0 Å². The van der Waals surface area contributed by atoms with E-state index < -0.39 is 29.6 Å². The molecule has 1 rings (SSSR count). The predicted octanol–water partition coefficient (Wildman–Crippen LogP) is 5.52. The number of methoxy groups -OCH3 is 1. The molecule has 0 radical (unpaired) electrons. The molecule has 0 unspecified atom stereocenters. The van der Waals surface area contributed by atoms with E-state index in [1.165, 1.54) is 19.2 Å². The Hall–Kier alpha value is -3.14. The number of benzene rings is 1. The molecule has 0 saturated heterocycles. The van der Waals surface area contributed by atoms with E-state index in [1.807, 2.05) is 34.6 Å². The molecule has 0 aliphatic rings. The average molecular weight is 566 g/mol. The van der Waals surface area contributed by atoms with Crippen molar-refractivity contribution in [3.63, 3.8) is 0 Å². The van der Waals surface area contributed by atoms with Crippen molar-refractivity contribution in [1.29, 1.82) is 0 Å². The van der Waals surface area contributed by atoms with Gasteiger partial charge in [-0.3, -0.25) is 14.4 Å². The van der Waals surface area contributed by atoms with Crippen molar-refractivity contribution in [2.24, 2.45) is 17.6 Å². The average Bonchev–Trinajstić information content (AvgIpc) is 2.89. The van der Waals surface area contributed by atoms with Crippen molar-refractivity contribution in [3.8, 4) is 11.5 Å². The number of hydrogen-bond donors (Lipinski definition) is 1. The Morgan fingerprint density at radius 1 is 0.850 bits per heavy atom. The second-order valence-corrected chi connectivity index (χ2v) is 10.8. The van der Waals surface area contributed by atoms with Gasteiger partial charge in [0.1, 0.15) is 5.54 Å². The van der Waals surface area contributed by atoms with Gasteiger partial charge >= 0.3 is 24.1 Å². The van der Waals surface area contributed by atoms with E-state index in [1.54, 1.807) is 6.07 Å². The van der Waals surface area contributed by atoms with Gasteiger partial charge in [-0.05, 0) is 48.8 Å². The van der Waals surface area contributed by atoms with Gasteiger partial charge < -0.3 is 29.4 Å². The number of unbranched alkanes of at least 4 members (excludes halogenated alkanes) is 2. The first kappa shape index (κ1) is 34.9. The van der Waals surface area contributed by atoms with Crippen LogP contribution in [-0.4, -0.2) is 49.9 Å². The van der Waals surface area contributed by atoms with Crippen molar-refractivity contribution in [1.82, 2.24) is 0 Å². The van der Waals surface area contributed by atoms with Crippen LogP contribution in [0, 0.1) is 11.8 Å². The summed E-state index contributed by atoms with van der Waals surface area (Å²) in [5, 5.41) is 0. The van der Waals surface area contributed by atoms with Gasteiger partial charge in [0, 0.05) is 25.7 Å². The van der Waals surface area contributed by atoms with Crippen LogP contribution in [0.2, 0.25) is 0 Å². The Kier molecular flexibility index (Phi) is 15.9. The molecule has 10 heteroatoms. The van der Waals surface area contributed by atoms with E-state index in [4.69, 9.17) is 29.4 Å². The van der Waals surface area contributed by atoms with Crippen molar-refractivity contribution in [3.05, 3.63) is 23.8 Å². The molecular weight excluding hydrogens is 518 g/mol. The van der Waals surface area contributed by atoms with Crippen LogP contribution in [0.15, 0.2) is 18.2 Å². The molecule has 0 aromatic heterocycles. The van der Waals surface area contributed by atoms with Crippen LogP contribution in [0.1, 0.15) is 91.5 Å². The normalized spacial score (nSPS) is 12.5. The summed E-state index contributed by atoms with van der Waals surface area (Å²) in [5.41, 5.74) is 5.41. The Morgan fingerprint density at radius 3 is 1.98 bits per heavy atom. The fraction of sp³-hybridized carbons (Fsp3) is 0.667. The van der Waals surface area contributed by atoms with Crippen LogP contribution in [0.25, 0.3) is 0 Å². The van der Waals surface area contributed by atoms with Gasteiger partial charge in [0.15, 0.2) is 11.5 Å². The minimum absolute atomic E-state index is 0.0211. The molecule has 1 atom stereocenters. The Labute approximate surface area is 238 Å². The molecule has 40 heavy (non-hydrogen) atoms. The van der Waals surface area contributed by atoms with Crippen LogP contribution in [-0.2, 0) is 35.0 Å². The maximum atomic E-state index is 12.6. The van der Waals surface area contributed by atoms with Gasteiger partial charge in [-0.25, -0.2) is 4.79 Å². The van der Waals surface area contributed by atoms with Gasteiger partial charge in [0.2, 0.25) is 0 Å². The molecule has 0 heterocycles. The molecule has 0 amide bonds. The van der Waals surface area contributed by atoms with Crippen molar-refractivity contribution in [2.75, 3.05) is 20.3 Å². The maximum Gasteiger partial charge on any atom is 0.508 e. The summed E-state index contributed by atoms with van der Waals surface area (Å²) in [5.74, 6) is -0.821. The number of hydrogen-bond acceptors (Lipinski definition) is 10. The summed E-state index contributed by atoms with van der Waals surface area (Å²) in [7, 11) is 1.22. The fourth-order valence-corrected chi connectivity index (χ4v) is 3.68. The molecule has 10 nitrogen and oxygen atoms in total. The van der Waals surface area contributed by atoms with Gasteiger partial charge in [-0.1, -0.05) is 53.5 Å². The third-order valence-electron chi connectivity index (χ3n) is 6.15. The Balaban J connectivity index is 3.05. The summed E-state index contributed by atoms with van der Waals surface area (Å²) in [6, 6.07) is 4.66. The molecule has 1 aromatic rings. The van der Waals surface area contributed by atoms with E-state index in [-0.39, 0.29) is 50.4 Å². The van der Waals surface area contributed by atoms with Crippen LogP contribution in [0.4, 0.5) is 4.79 Å². The van der Waals surface area contributed by atoms with E-state index in [2.05, 4.69) is 0 Å². The lowest BCUT2D eigenvalue weighted by Crippen LogP contribution is -2.51. The molecular formula is C30H47NO9. The van der Waals surface area contributed by atoms with Crippen LogP contribution >= 0.6 is 0 Å². The van der Waals surface area contributed by atoms with Crippen LogP contribution in [0.3, 0.4) is 0 Å². The summed E-state index contributed by atoms with van der Waals surface area (Å²) in [4.78, 5) is 49.4. The lowest BCUT2D eigenvalue weighted by Gasteiger charge is -2.26. The summed E-state index contributed by atoms with van der Waals surface area (Å²) in [6.45, 7) is 10.1. The number of rotatable bonds is 18. The van der Waals surface area contributed by atoms with Crippen molar-refractivity contribution < 1.29 is 42.9 Å². The van der Waals surface area contributed by atoms with Gasteiger partial charge in [0.25, 0.3) is 0 Å². The second-order valence-electron chi connectivity index (χ2n) is 10.8. The van der Waals surface area contributed by atoms with Gasteiger partial charge in [0.05, 0.1) is 20.3 Å². The molecule has 0 fully saturated rings. The lowest BCUT2D eigenvalue weighted by atomic mass is 9.88. The highest BCUT2D eigenvalue weighted by atomic mass is 16.7. The fourth-order valence-electron chi connectivity index (χ4n) is 3.68. The summed E-state index contributed by atoms with van der Waals surface area (Å²) in [6.07, 6.45) is 3.48. The quantitative estimate of drug-likeness (QED) is 0.137. The molecule has 2 N–H and O–H groups in total. The number of carbonyl (C=O) groups is 4. The molecule has 1 aromatic carbocycles. The standard InChI is InChI=1S/C30H47NO9/c1-7-8-9-17-37-29(35)38-18-16-30(31,28(34)36-6)20-23-12-13-24(39-26(32)14-10-21(2)3)25(19-23)40-27(33)15-11-22(4)5/h12-13,19,21-22H,7-11,14-18,20,31H2,1-6H3/t30-/m1/s1. The first-order chi connectivity index (χ1) is 18.9. The number of esters is 3. The van der Waals surface area contributed by atoms with Crippen LogP contribution in [0.5, 0.6) is 11.5 Å². The molecule has 226 valence electrons. The third kappa shape index (κ3) is 13.8. The van der Waals surface area contributed by atoms with Gasteiger partial charge in [-0.15, -0.1) is 0 Å². The highest BCUT2D eigenvalue weighted by Gasteiger charge is 2.36. The Bertz CT molecular complexity index is 960. The zero-order chi connectivity index (χ0) is 30.1. The molecule has 0 aliphatic heterocycles. The molecule has 0 spiro atoms. The highest BCUT2D eigenvalue weighted by molar-refractivity contribution is 5.81. The van der Waals surface area contributed by atoms with E-state index in [0.29, 0.717) is 30.2 Å². The zero-order valence-electron chi connectivity index (χ0n) is 24.9. The van der Waals surface area contributed by atoms with Crippen LogP contribution < -0.4 is 15.2 Å². The lowest BCUT2D eigenvalue weighted by molar-refractivity contribution is -0.147. The highest BCUT2D eigenvalue weighted by Crippen LogP contribution is 2.31. The first-order valence-electron chi connectivity index (χ1n) is 14.1. The minimum Gasteiger partial charge on any atom is -0.468 e. The number of carbonyl (C=O) groups excluding carboxylic acids is 4. The monoisotopic (exact) mass is 565 g/mol. The maximum absolute atomic E-state index is 12.6. The topological polar surface area (TPSA) is 140 Å². The zero-order valence-corrected chi connectivity index (χ0v) is 24.9.